The lowest BCUT2D eigenvalue weighted by Crippen LogP contribution is -2.37. The molecule has 7 nitrogen and oxygen atoms in total. The van der Waals surface area contributed by atoms with E-state index in [4.69, 9.17) is 11.6 Å². The molecule has 1 fully saturated rings. The number of amides is 3. The molecule has 168 valence electrons. The Morgan fingerprint density at radius 1 is 1.25 bits per heavy atom. The van der Waals surface area contributed by atoms with Crippen LogP contribution in [0.25, 0.3) is 11.6 Å². The number of nitrogens with one attached hydrogen (secondary N) is 3. The molecule has 1 aromatic heterocycles. The van der Waals surface area contributed by atoms with Crippen molar-refractivity contribution in [1.29, 1.82) is 0 Å². The van der Waals surface area contributed by atoms with Gasteiger partial charge in [0.15, 0.2) is 0 Å². The van der Waals surface area contributed by atoms with Gasteiger partial charge in [0, 0.05) is 53.7 Å². The van der Waals surface area contributed by atoms with Gasteiger partial charge in [-0.15, -0.1) is 0 Å². The van der Waals surface area contributed by atoms with Crippen LogP contribution in [0, 0.1) is 13.8 Å². The van der Waals surface area contributed by atoms with Gasteiger partial charge < -0.3 is 20.5 Å². The Bertz CT molecular complexity index is 1120. The lowest BCUT2D eigenvalue weighted by atomic mass is 10.0. The van der Waals surface area contributed by atoms with E-state index >= 15 is 0 Å². The summed E-state index contributed by atoms with van der Waals surface area (Å²) < 4.78 is 0. The molecule has 2 aliphatic rings. The molecule has 4 rings (SSSR count). The molecular formula is C24H27ClN4O3. The second-order valence-electron chi connectivity index (χ2n) is 8.31. The number of hydrogen-bond acceptors (Lipinski definition) is 3. The monoisotopic (exact) mass is 454 g/mol. The lowest BCUT2D eigenvalue weighted by Gasteiger charge is -2.26. The molecule has 0 spiro atoms. The number of benzene rings is 1. The molecule has 0 bridgehead atoms. The van der Waals surface area contributed by atoms with Crippen LogP contribution < -0.4 is 10.6 Å². The van der Waals surface area contributed by atoms with E-state index in [1.165, 1.54) is 0 Å². The average molecular weight is 455 g/mol. The highest BCUT2D eigenvalue weighted by molar-refractivity contribution is 6.36. The van der Waals surface area contributed by atoms with Crippen LogP contribution in [-0.4, -0.2) is 47.2 Å². The fraction of sp³-hybridized carbons (Fsp3) is 0.375. The van der Waals surface area contributed by atoms with E-state index in [1.807, 2.05) is 18.7 Å². The number of aromatic nitrogens is 1. The maximum absolute atomic E-state index is 12.8. The molecule has 0 saturated carbocycles. The third-order valence-corrected chi connectivity index (χ3v) is 6.30. The van der Waals surface area contributed by atoms with Gasteiger partial charge in [-0.05, 0) is 62.9 Å². The summed E-state index contributed by atoms with van der Waals surface area (Å²) in [6.07, 6.45) is 5.12. The van der Waals surface area contributed by atoms with E-state index in [-0.39, 0.29) is 17.7 Å². The molecule has 0 unspecified atom stereocenters. The number of aryl methyl sites for hydroxylation is 1. The highest BCUT2D eigenvalue weighted by atomic mass is 35.5. The number of piperidine rings is 1. The summed E-state index contributed by atoms with van der Waals surface area (Å²) in [5.41, 5.74) is 4.78. The van der Waals surface area contributed by atoms with Gasteiger partial charge in [0.1, 0.15) is 0 Å². The number of H-pyrrole nitrogens is 1. The number of nitrogens with zero attached hydrogens (tertiary/aromatic N) is 1. The van der Waals surface area contributed by atoms with Crippen LogP contribution in [0.5, 0.6) is 0 Å². The molecule has 2 aromatic rings. The standard InChI is InChI=1S/C24H27ClN4O3/c1-14-20(13-18-17-12-16(25)7-8-19(17)28-23(18)31)27-15(2)22(14)24(32)26-9-5-11-29-10-4-3-6-21(29)30/h7-8,12-13,27H,3-6,9-11H2,1-2H3,(H,26,32)(H,28,31)/b18-13-. The van der Waals surface area contributed by atoms with Gasteiger partial charge in [0.05, 0.1) is 11.1 Å². The molecule has 3 N–H and O–H groups in total. The summed E-state index contributed by atoms with van der Waals surface area (Å²) in [7, 11) is 0. The molecule has 3 heterocycles. The third-order valence-electron chi connectivity index (χ3n) is 6.07. The predicted molar refractivity (Wildman–Crippen MR) is 126 cm³/mol. The SMILES string of the molecule is Cc1[nH]c(/C=C2\C(=O)Nc3ccc(Cl)cc32)c(C)c1C(=O)NCCCN1CCCCC1=O. The van der Waals surface area contributed by atoms with Gasteiger partial charge in [-0.2, -0.15) is 0 Å². The first kappa shape index (κ1) is 22.1. The van der Waals surface area contributed by atoms with E-state index in [0.717, 1.165) is 41.9 Å². The van der Waals surface area contributed by atoms with Crippen molar-refractivity contribution in [3.63, 3.8) is 0 Å². The van der Waals surface area contributed by atoms with E-state index in [0.29, 0.717) is 47.8 Å². The second-order valence-corrected chi connectivity index (χ2v) is 8.75. The van der Waals surface area contributed by atoms with Crippen LogP contribution in [0.4, 0.5) is 5.69 Å². The third kappa shape index (κ3) is 4.43. The van der Waals surface area contributed by atoms with Gasteiger partial charge in [0.2, 0.25) is 5.91 Å². The maximum atomic E-state index is 12.8. The van der Waals surface area contributed by atoms with Crippen LogP contribution in [0.1, 0.15) is 58.6 Å². The number of rotatable bonds is 6. The Hall–Kier alpha value is -3.06. The number of likely N-dealkylation sites (tertiary alicyclic amines) is 1. The van der Waals surface area contributed by atoms with Crippen molar-refractivity contribution >= 4 is 46.7 Å². The van der Waals surface area contributed by atoms with Crippen LogP contribution in [0.2, 0.25) is 5.02 Å². The first-order chi connectivity index (χ1) is 15.3. The van der Waals surface area contributed by atoms with Gasteiger partial charge in [-0.3, -0.25) is 14.4 Å². The Morgan fingerprint density at radius 3 is 2.84 bits per heavy atom. The summed E-state index contributed by atoms with van der Waals surface area (Å²) in [4.78, 5) is 42.3. The van der Waals surface area contributed by atoms with Crippen molar-refractivity contribution in [2.75, 3.05) is 25.0 Å². The summed E-state index contributed by atoms with van der Waals surface area (Å²) in [5.74, 6) is -0.159. The highest BCUT2D eigenvalue weighted by Gasteiger charge is 2.26. The smallest absolute Gasteiger partial charge is 0.256 e. The molecular weight excluding hydrogens is 428 g/mol. The number of carbonyl (C=O) groups excluding carboxylic acids is 3. The van der Waals surface area contributed by atoms with Crippen molar-refractivity contribution in [2.45, 2.75) is 39.5 Å². The van der Waals surface area contributed by atoms with E-state index in [9.17, 15) is 14.4 Å². The number of fused-ring (bicyclic) bond motifs is 1. The van der Waals surface area contributed by atoms with Crippen molar-refractivity contribution in [3.8, 4) is 0 Å². The number of hydrogen-bond donors (Lipinski definition) is 3. The molecule has 0 atom stereocenters. The van der Waals surface area contributed by atoms with Crippen molar-refractivity contribution in [1.82, 2.24) is 15.2 Å². The Labute approximate surface area is 192 Å². The van der Waals surface area contributed by atoms with Gasteiger partial charge >= 0.3 is 0 Å². The first-order valence-electron chi connectivity index (χ1n) is 10.9. The fourth-order valence-electron chi connectivity index (χ4n) is 4.37. The van der Waals surface area contributed by atoms with Crippen LogP contribution in [-0.2, 0) is 9.59 Å². The Morgan fingerprint density at radius 2 is 2.06 bits per heavy atom. The number of carbonyl (C=O) groups is 3. The zero-order valence-electron chi connectivity index (χ0n) is 18.3. The van der Waals surface area contributed by atoms with Crippen LogP contribution in [0.15, 0.2) is 18.2 Å². The largest absolute Gasteiger partial charge is 0.358 e. The minimum Gasteiger partial charge on any atom is -0.358 e. The summed E-state index contributed by atoms with van der Waals surface area (Å²) in [5, 5.41) is 6.35. The van der Waals surface area contributed by atoms with E-state index in [2.05, 4.69) is 15.6 Å². The van der Waals surface area contributed by atoms with Crippen molar-refractivity contribution in [3.05, 3.63) is 51.3 Å². The minimum atomic E-state index is -0.202. The quantitative estimate of drug-likeness (QED) is 0.456. The zero-order valence-corrected chi connectivity index (χ0v) is 19.1. The summed E-state index contributed by atoms with van der Waals surface area (Å²) in [6, 6.07) is 5.27. The molecule has 1 aromatic carbocycles. The normalized spacial score (nSPS) is 17.0. The molecule has 32 heavy (non-hydrogen) atoms. The first-order valence-corrected chi connectivity index (χ1v) is 11.3. The maximum Gasteiger partial charge on any atom is 0.256 e. The van der Waals surface area contributed by atoms with Crippen LogP contribution in [0.3, 0.4) is 0 Å². The number of anilines is 1. The Balaban J connectivity index is 1.45. The van der Waals surface area contributed by atoms with Gasteiger partial charge in [-0.1, -0.05) is 11.6 Å². The molecule has 8 heteroatoms. The number of aromatic amines is 1. The van der Waals surface area contributed by atoms with E-state index in [1.54, 1.807) is 24.3 Å². The van der Waals surface area contributed by atoms with Gasteiger partial charge in [-0.25, -0.2) is 0 Å². The summed E-state index contributed by atoms with van der Waals surface area (Å²) >= 11 is 6.11. The topological polar surface area (TPSA) is 94.3 Å². The molecule has 0 radical (unpaired) electrons. The molecule has 1 saturated heterocycles. The summed E-state index contributed by atoms with van der Waals surface area (Å²) in [6.45, 7) is 5.68. The fourth-order valence-corrected chi connectivity index (χ4v) is 4.54. The van der Waals surface area contributed by atoms with Gasteiger partial charge in [0.25, 0.3) is 11.8 Å². The van der Waals surface area contributed by atoms with Crippen molar-refractivity contribution in [2.24, 2.45) is 0 Å². The molecule has 2 aliphatic heterocycles. The zero-order chi connectivity index (χ0) is 22.8. The Kier molecular flexibility index (Phi) is 6.37. The molecule has 3 amide bonds. The average Bonchev–Trinajstić information content (AvgIpc) is 3.21. The predicted octanol–water partition coefficient (Wildman–Crippen LogP) is 3.91. The lowest BCUT2D eigenvalue weighted by molar-refractivity contribution is -0.133. The van der Waals surface area contributed by atoms with Crippen LogP contribution >= 0.6 is 11.6 Å². The second kappa shape index (κ2) is 9.20. The van der Waals surface area contributed by atoms with Crippen molar-refractivity contribution < 1.29 is 14.4 Å². The minimum absolute atomic E-state index is 0.162. The number of halogens is 1. The van der Waals surface area contributed by atoms with E-state index < -0.39 is 0 Å². The highest BCUT2D eigenvalue weighted by Crippen LogP contribution is 2.35. The molecule has 0 aliphatic carbocycles.